The van der Waals surface area contributed by atoms with Gasteiger partial charge in [0.2, 0.25) is 5.13 Å². The van der Waals surface area contributed by atoms with E-state index in [4.69, 9.17) is 0 Å². The van der Waals surface area contributed by atoms with Crippen molar-refractivity contribution >= 4 is 28.3 Å². The Morgan fingerprint density at radius 1 is 1.41 bits per heavy atom. The maximum atomic E-state index is 11.9. The zero-order valence-electron chi connectivity index (χ0n) is 12.5. The highest BCUT2D eigenvalue weighted by atomic mass is 32.1. The van der Waals surface area contributed by atoms with Crippen molar-refractivity contribution in [2.45, 2.75) is 25.3 Å². The lowest BCUT2D eigenvalue weighted by atomic mass is 10.2. The number of anilines is 2. The molecule has 1 aliphatic carbocycles. The summed E-state index contributed by atoms with van der Waals surface area (Å²) in [7, 11) is 3.85. The van der Waals surface area contributed by atoms with Gasteiger partial charge in [-0.25, -0.2) is 9.78 Å². The number of nitrogens with zero attached hydrogens (tertiary/aromatic N) is 4. The van der Waals surface area contributed by atoms with Gasteiger partial charge in [-0.05, 0) is 18.9 Å². The molecule has 0 aliphatic heterocycles. The number of pyridine rings is 1. The molecule has 1 fully saturated rings. The molecule has 0 saturated heterocycles. The third-order valence-electron chi connectivity index (χ3n) is 3.32. The second-order valence-electron chi connectivity index (χ2n) is 5.41. The van der Waals surface area contributed by atoms with Gasteiger partial charge in [-0.2, -0.15) is 0 Å². The predicted molar refractivity (Wildman–Crippen MR) is 86.3 cm³/mol. The molecule has 1 saturated carbocycles. The summed E-state index contributed by atoms with van der Waals surface area (Å²) >= 11 is 1.45. The van der Waals surface area contributed by atoms with Crippen molar-refractivity contribution in [3.8, 4) is 0 Å². The first-order valence-electron chi connectivity index (χ1n) is 7.13. The number of rotatable bonds is 5. The average Bonchev–Trinajstić information content (AvgIpc) is 3.26. The number of hydrogen-bond donors (Lipinski definition) is 2. The highest BCUT2D eigenvalue weighted by molar-refractivity contribution is 7.15. The molecule has 2 N–H and O–H groups in total. The Morgan fingerprint density at radius 3 is 2.95 bits per heavy atom. The number of nitrogens with one attached hydrogen (secondary N) is 2. The molecule has 1 aliphatic rings. The van der Waals surface area contributed by atoms with E-state index in [2.05, 4.69) is 25.8 Å². The molecule has 7 nitrogen and oxygen atoms in total. The summed E-state index contributed by atoms with van der Waals surface area (Å²) in [5.41, 5.74) is 0.957. The van der Waals surface area contributed by atoms with Crippen LogP contribution >= 0.6 is 11.3 Å². The molecule has 0 atom stereocenters. The molecule has 2 heterocycles. The SMILES string of the molecule is CN(C)c1ncccc1CNC(=O)Nc1nnc(C2CC2)s1. The minimum atomic E-state index is -0.285. The lowest BCUT2D eigenvalue weighted by Crippen LogP contribution is -2.29. The topological polar surface area (TPSA) is 83.0 Å². The lowest BCUT2D eigenvalue weighted by Gasteiger charge is -2.16. The van der Waals surface area contributed by atoms with Gasteiger partial charge in [0.1, 0.15) is 10.8 Å². The standard InChI is InChI=1S/C14H18N6OS/c1-20(2)11-10(4-3-7-15-11)8-16-13(21)17-14-19-18-12(22-14)9-5-6-9/h3-4,7,9H,5-6,8H2,1-2H3,(H2,16,17,19,21). The molecule has 3 rings (SSSR count). The van der Waals surface area contributed by atoms with E-state index in [9.17, 15) is 4.79 Å². The van der Waals surface area contributed by atoms with Crippen molar-refractivity contribution in [2.75, 3.05) is 24.3 Å². The Kier molecular flexibility index (Phi) is 4.19. The molecule has 2 amide bonds. The van der Waals surface area contributed by atoms with E-state index >= 15 is 0 Å². The zero-order chi connectivity index (χ0) is 15.5. The number of hydrogen-bond acceptors (Lipinski definition) is 6. The van der Waals surface area contributed by atoms with Crippen LogP contribution in [-0.4, -0.2) is 35.3 Å². The van der Waals surface area contributed by atoms with Gasteiger partial charge < -0.3 is 10.2 Å². The van der Waals surface area contributed by atoms with Crippen molar-refractivity contribution in [3.05, 3.63) is 28.9 Å². The highest BCUT2D eigenvalue weighted by Crippen LogP contribution is 2.41. The van der Waals surface area contributed by atoms with Crippen LogP contribution in [0.2, 0.25) is 0 Å². The molecular weight excluding hydrogens is 300 g/mol. The van der Waals surface area contributed by atoms with Gasteiger partial charge >= 0.3 is 6.03 Å². The van der Waals surface area contributed by atoms with Gasteiger partial charge in [0.15, 0.2) is 0 Å². The zero-order valence-corrected chi connectivity index (χ0v) is 13.4. The Morgan fingerprint density at radius 2 is 2.23 bits per heavy atom. The Balaban J connectivity index is 1.55. The minimum absolute atomic E-state index is 0.285. The van der Waals surface area contributed by atoms with E-state index < -0.39 is 0 Å². The van der Waals surface area contributed by atoms with E-state index in [1.54, 1.807) is 6.20 Å². The summed E-state index contributed by atoms with van der Waals surface area (Å²) in [6.45, 7) is 0.404. The molecule has 0 aromatic carbocycles. The van der Waals surface area contributed by atoms with Crippen LogP contribution in [0.3, 0.4) is 0 Å². The molecule has 2 aromatic heterocycles. The Bertz CT molecular complexity index is 667. The molecule has 2 aromatic rings. The van der Waals surface area contributed by atoms with Crippen LogP contribution < -0.4 is 15.5 Å². The molecule has 0 bridgehead atoms. The largest absolute Gasteiger partial charge is 0.362 e. The van der Waals surface area contributed by atoms with Gasteiger partial charge in [0.25, 0.3) is 0 Å². The van der Waals surface area contributed by atoms with Crippen LogP contribution in [0.4, 0.5) is 15.7 Å². The quantitative estimate of drug-likeness (QED) is 0.883. The minimum Gasteiger partial charge on any atom is -0.362 e. The number of carbonyl (C=O) groups is 1. The molecule has 0 radical (unpaired) electrons. The maximum absolute atomic E-state index is 11.9. The van der Waals surface area contributed by atoms with Crippen molar-refractivity contribution in [1.29, 1.82) is 0 Å². The van der Waals surface area contributed by atoms with Crippen molar-refractivity contribution < 1.29 is 4.79 Å². The summed E-state index contributed by atoms with van der Waals surface area (Å²) in [6, 6.07) is 3.51. The number of urea groups is 1. The number of carbonyl (C=O) groups excluding carboxylic acids is 1. The van der Waals surface area contributed by atoms with E-state index in [1.807, 2.05) is 31.1 Å². The summed E-state index contributed by atoms with van der Waals surface area (Å²) in [6.07, 6.45) is 4.09. The van der Waals surface area contributed by atoms with Gasteiger partial charge in [-0.3, -0.25) is 5.32 Å². The summed E-state index contributed by atoms with van der Waals surface area (Å²) < 4.78 is 0. The van der Waals surface area contributed by atoms with Crippen molar-refractivity contribution in [3.63, 3.8) is 0 Å². The Hall–Kier alpha value is -2.22. The van der Waals surface area contributed by atoms with Crippen LogP contribution in [-0.2, 0) is 6.54 Å². The number of aromatic nitrogens is 3. The first-order chi connectivity index (χ1) is 10.6. The normalized spacial score (nSPS) is 13.7. The molecular formula is C14H18N6OS. The third-order valence-corrected chi connectivity index (χ3v) is 4.32. The summed E-state index contributed by atoms with van der Waals surface area (Å²) in [5, 5.41) is 15.2. The van der Waals surface area contributed by atoms with E-state index in [1.165, 1.54) is 24.2 Å². The fourth-order valence-electron chi connectivity index (χ4n) is 2.07. The van der Waals surface area contributed by atoms with Crippen LogP contribution in [0.25, 0.3) is 0 Å². The molecule has 0 spiro atoms. The van der Waals surface area contributed by atoms with Crippen LogP contribution in [0.15, 0.2) is 18.3 Å². The smallest absolute Gasteiger partial charge is 0.321 e. The highest BCUT2D eigenvalue weighted by Gasteiger charge is 2.27. The van der Waals surface area contributed by atoms with Gasteiger partial charge in [0.05, 0.1) is 0 Å². The fraction of sp³-hybridized carbons (Fsp3) is 0.429. The second-order valence-corrected chi connectivity index (χ2v) is 6.42. The van der Waals surface area contributed by atoms with Crippen molar-refractivity contribution in [1.82, 2.24) is 20.5 Å². The Labute approximate surface area is 132 Å². The number of amides is 2. The third kappa shape index (κ3) is 3.51. The fourth-order valence-corrected chi connectivity index (χ4v) is 2.98. The van der Waals surface area contributed by atoms with Gasteiger partial charge in [-0.15, -0.1) is 10.2 Å². The van der Waals surface area contributed by atoms with Crippen LogP contribution in [0.5, 0.6) is 0 Å². The molecule has 116 valence electrons. The monoisotopic (exact) mass is 318 g/mol. The summed E-state index contributed by atoms with van der Waals surface area (Å²) in [4.78, 5) is 18.2. The molecule has 8 heteroatoms. The second kappa shape index (κ2) is 6.27. The van der Waals surface area contributed by atoms with Gasteiger partial charge in [-0.1, -0.05) is 17.4 Å². The molecule has 0 unspecified atom stereocenters. The predicted octanol–water partition coefficient (Wildman–Crippen LogP) is 2.20. The molecule has 22 heavy (non-hydrogen) atoms. The summed E-state index contributed by atoms with van der Waals surface area (Å²) in [5.74, 6) is 1.39. The van der Waals surface area contributed by atoms with E-state index in [-0.39, 0.29) is 6.03 Å². The maximum Gasteiger partial charge on any atom is 0.321 e. The van der Waals surface area contributed by atoms with Crippen LogP contribution in [0.1, 0.15) is 29.3 Å². The van der Waals surface area contributed by atoms with Crippen molar-refractivity contribution in [2.24, 2.45) is 0 Å². The van der Waals surface area contributed by atoms with E-state index in [0.717, 1.165) is 16.4 Å². The average molecular weight is 318 g/mol. The van der Waals surface area contributed by atoms with Crippen LogP contribution in [0, 0.1) is 0 Å². The van der Waals surface area contributed by atoms with Gasteiger partial charge in [0, 0.05) is 38.3 Å². The lowest BCUT2D eigenvalue weighted by molar-refractivity contribution is 0.251. The first kappa shape index (κ1) is 14.7. The van der Waals surface area contributed by atoms with E-state index in [0.29, 0.717) is 17.6 Å². The first-order valence-corrected chi connectivity index (χ1v) is 7.94.